The van der Waals surface area contributed by atoms with Crippen molar-refractivity contribution in [2.45, 2.75) is 45.2 Å². The van der Waals surface area contributed by atoms with Gasteiger partial charge in [-0.3, -0.25) is 4.79 Å². The number of imidazole rings is 1. The van der Waals surface area contributed by atoms with Crippen molar-refractivity contribution in [2.75, 3.05) is 31.6 Å². The van der Waals surface area contributed by atoms with Crippen LogP contribution in [0.5, 0.6) is 0 Å². The van der Waals surface area contributed by atoms with Crippen LogP contribution in [-0.4, -0.2) is 58.4 Å². The number of benzene rings is 2. The molecule has 3 heterocycles. The number of aliphatic carboxylic acids is 1. The van der Waals surface area contributed by atoms with Crippen molar-refractivity contribution < 1.29 is 19.4 Å². The van der Waals surface area contributed by atoms with Gasteiger partial charge in [0.2, 0.25) is 5.95 Å². The minimum absolute atomic E-state index is 0.0560. The molecule has 2 aromatic carbocycles. The molecule has 0 aliphatic carbocycles. The number of nitrogens with zero attached hydrogens (tertiary/aromatic N) is 4. The van der Waals surface area contributed by atoms with Crippen LogP contribution in [0.1, 0.15) is 42.5 Å². The number of hydrogen-bond acceptors (Lipinski definition) is 5. The van der Waals surface area contributed by atoms with Gasteiger partial charge in [-0.1, -0.05) is 35.9 Å². The van der Waals surface area contributed by atoms with E-state index in [2.05, 4.69) is 28.5 Å². The second kappa shape index (κ2) is 10.0. The van der Waals surface area contributed by atoms with E-state index in [0.717, 1.165) is 46.0 Å². The molecule has 8 nitrogen and oxygen atoms in total. The van der Waals surface area contributed by atoms with Crippen molar-refractivity contribution in [2.24, 2.45) is 5.92 Å². The summed E-state index contributed by atoms with van der Waals surface area (Å²) in [5.41, 5.74) is 5.22. The standard InChI is InChI=1S/C27H31ClN4O4/c1-17(15-20-5-3-4-6-22(20)28)32-23-8-7-18-9-14-31(27(35)36-2)16-21(18)24(23)29-26(32)30-12-10-19(11-13-30)25(33)34/h3-8,17,19H,9-16H2,1-2H3,(H,33,34)/t17-/m0/s1. The number of carbonyl (C=O) groups excluding carboxylic acids is 1. The Morgan fingerprint density at radius 1 is 1.17 bits per heavy atom. The third kappa shape index (κ3) is 4.50. The number of hydrogen-bond donors (Lipinski definition) is 1. The molecular weight excluding hydrogens is 480 g/mol. The third-order valence-electron chi connectivity index (χ3n) is 7.52. The number of carbonyl (C=O) groups is 2. The summed E-state index contributed by atoms with van der Waals surface area (Å²) in [7, 11) is 1.41. The van der Waals surface area contributed by atoms with Crippen LogP contribution in [0.2, 0.25) is 5.02 Å². The summed E-state index contributed by atoms with van der Waals surface area (Å²) in [5.74, 6) is -0.204. The van der Waals surface area contributed by atoms with Gasteiger partial charge >= 0.3 is 12.1 Å². The zero-order valence-corrected chi connectivity index (χ0v) is 21.4. The molecule has 1 atom stereocenters. The van der Waals surface area contributed by atoms with E-state index < -0.39 is 5.97 Å². The van der Waals surface area contributed by atoms with Crippen LogP contribution in [0.3, 0.4) is 0 Å². The number of halogens is 1. The fourth-order valence-corrected chi connectivity index (χ4v) is 5.74. The number of aromatic nitrogens is 2. The molecule has 1 N–H and O–H groups in total. The van der Waals surface area contributed by atoms with Gasteiger partial charge in [0, 0.05) is 36.3 Å². The topological polar surface area (TPSA) is 87.9 Å². The summed E-state index contributed by atoms with van der Waals surface area (Å²) >= 11 is 6.50. The van der Waals surface area contributed by atoms with Crippen LogP contribution in [-0.2, 0) is 28.9 Å². The first kappa shape index (κ1) is 24.4. The lowest BCUT2D eigenvalue weighted by Gasteiger charge is -2.32. The summed E-state index contributed by atoms with van der Waals surface area (Å²) in [6.45, 7) is 4.50. The molecule has 0 bridgehead atoms. The molecule has 3 aromatic rings. The van der Waals surface area contributed by atoms with Crippen LogP contribution < -0.4 is 4.90 Å². The number of amides is 1. The maximum absolute atomic E-state index is 12.3. The summed E-state index contributed by atoms with van der Waals surface area (Å²) < 4.78 is 7.24. The SMILES string of the molecule is COC(=O)N1CCc2ccc3c(nc(N4CCC(C(=O)O)CC4)n3[C@@H](C)Cc3ccccc3Cl)c2C1. The van der Waals surface area contributed by atoms with Crippen molar-refractivity contribution in [1.82, 2.24) is 14.5 Å². The minimum atomic E-state index is -0.729. The van der Waals surface area contributed by atoms with E-state index in [1.54, 1.807) is 4.90 Å². The van der Waals surface area contributed by atoms with Gasteiger partial charge in [0.05, 0.1) is 30.6 Å². The number of ether oxygens (including phenoxy) is 1. The van der Waals surface area contributed by atoms with Crippen LogP contribution >= 0.6 is 11.6 Å². The van der Waals surface area contributed by atoms with Gasteiger partial charge in [-0.25, -0.2) is 9.78 Å². The first-order valence-electron chi connectivity index (χ1n) is 12.4. The van der Waals surface area contributed by atoms with Gasteiger partial charge in [0.25, 0.3) is 0 Å². The fourth-order valence-electron chi connectivity index (χ4n) is 5.52. The zero-order chi connectivity index (χ0) is 25.4. The van der Waals surface area contributed by atoms with Gasteiger partial charge < -0.3 is 24.2 Å². The van der Waals surface area contributed by atoms with E-state index in [4.69, 9.17) is 21.3 Å². The summed E-state index contributed by atoms with van der Waals surface area (Å²) in [6, 6.07) is 12.2. The van der Waals surface area contributed by atoms with Crippen molar-refractivity contribution in [3.05, 3.63) is 58.1 Å². The van der Waals surface area contributed by atoms with Gasteiger partial charge in [-0.2, -0.15) is 0 Å². The van der Waals surface area contributed by atoms with Crippen LogP contribution in [0.25, 0.3) is 11.0 Å². The molecule has 5 rings (SSSR count). The maximum atomic E-state index is 12.3. The molecule has 0 unspecified atom stereocenters. The van der Waals surface area contributed by atoms with E-state index in [1.165, 1.54) is 12.7 Å². The smallest absolute Gasteiger partial charge is 0.409 e. The predicted molar refractivity (Wildman–Crippen MR) is 139 cm³/mol. The molecule has 1 fully saturated rings. The summed E-state index contributed by atoms with van der Waals surface area (Å²) in [5, 5.41) is 10.2. The Kier molecular flexibility index (Phi) is 6.79. The van der Waals surface area contributed by atoms with Crippen molar-refractivity contribution in [3.8, 4) is 0 Å². The lowest BCUT2D eigenvalue weighted by atomic mass is 9.97. The lowest BCUT2D eigenvalue weighted by molar-refractivity contribution is -0.142. The Bertz CT molecular complexity index is 1300. The number of piperidine rings is 1. The molecule has 190 valence electrons. The molecule has 2 aliphatic heterocycles. The quantitative estimate of drug-likeness (QED) is 0.524. The highest BCUT2D eigenvalue weighted by molar-refractivity contribution is 6.31. The molecule has 36 heavy (non-hydrogen) atoms. The van der Waals surface area contributed by atoms with Crippen LogP contribution in [0, 0.1) is 5.92 Å². The zero-order valence-electron chi connectivity index (χ0n) is 20.6. The summed E-state index contributed by atoms with van der Waals surface area (Å²) in [6.07, 6.45) is 2.33. The Morgan fingerprint density at radius 3 is 2.61 bits per heavy atom. The van der Waals surface area contributed by atoms with E-state index >= 15 is 0 Å². The maximum Gasteiger partial charge on any atom is 0.409 e. The van der Waals surface area contributed by atoms with Crippen molar-refractivity contribution in [1.29, 1.82) is 0 Å². The van der Waals surface area contributed by atoms with E-state index in [-0.39, 0.29) is 18.1 Å². The molecule has 0 radical (unpaired) electrons. The first-order valence-corrected chi connectivity index (χ1v) is 12.8. The lowest BCUT2D eigenvalue weighted by Crippen LogP contribution is -2.38. The molecule has 0 spiro atoms. The first-order chi connectivity index (χ1) is 17.4. The molecule has 0 saturated carbocycles. The van der Waals surface area contributed by atoms with E-state index in [9.17, 15) is 14.7 Å². The van der Waals surface area contributed by atoms with Gasteiger partial charge in [-0.05, 0) is 55.9 Å². The third-order valence-corrected chi connectivity index (χ3v) is 7.89. The Hall–Kier alpha value is -3.26. The number of fused-ring (bicyclic) bond motifs is 3. The van der Waals surface area contributed by atoms with Crippen molar-refractivity contribution >= 4 is 40.6 Å². The average Bonchev–Trinajstić information content (AvgIpc) is 3.29. The largest absolute Gasteiger partial charge is 0.481 e. The van der Waals surface area contributed by atoms with Gasteiger partial charge in [0.1, 0.15) is 0 Å². The normalized spacial score (nSPS) is 17.2. The molecule has 1 amide bonds. The Labute approximate surface area is 215 Å². The number of methoxy groups -OCH3 is 1. The monoisotopic (exact) mass is 510 g/mol. The molecule has 1 aromatic heterocycles. The summed E-state index contributed by atoms with van der Waals surface area (Å²) in [4.78, 5) is 32.9. The number of rotatable bonds is 5. The predicted octanol–water partition coefficient (Wildman–Crippen LogP) is 4.92. The fraction of sp³-hybridized carbons (Fsp3) is 0.444. The Morgan fingerprint density at radius 2 is 1.92 bits per heavy atom. The van der Waals surface area contributed by atoms with Crippen molar-refractivity contribution in [3.63, 3.8) is 0 Å². The van der Waals surface area contributed by atoms with E-state index in [0.29, 0.717) is 39.0 Å². The Balaban J connectivity index is 1.57. The molecular formula is C27H31ClN4O4. The average molecular weight is 511 g/mol. The van der Waals surface area contributed by atoms with Crippen LogP contribution in [0.15, 0.2) is 36.4 Å². The van der Waals surface area contributed by atoms with Gasteiger partial charge in [-0.15, -0.1) is 0 Å². The molecule has 9 heteroatoms. The molecule has 2 aliphatic rings. The highest BCUT2D eigenvalue weighted by Gasteiger charge is 2.31. The molecule has 1 saturated heterocycles. The van der Waals surface area contributed by atoms with E-state index in [1.807, 2.05) is 24.3 Å². The van der Waals surface area contributed by atoms with Gasteiger partial charge in [0.15, 0.2) is 0 Å². The number of carboxylic acids is 1. The minimum Gasteiger partial charge on any atom is -0.481 e. The second-order valence-corrected chi connectivity index (χ2v) is 10.1. The number of anilines is 1. The second-order valence-electron chi connectivity index (χ2n) is 9.74. The van der Waals surface area contributed by atoms with Crippen LogP contribution in [0.4, 0.5) is 10.7 Å². The number of carboxylic acid groups (broad SMARTS) is 1. The highest BCUT2D eigenvalue weighted by atomic mass is 35.5. The highest BCUT2D eigenvalue weighted by Crippen LogP contribution is 2.36.